The minimum Gasteiger partial charge on any atom is -0.490 e. The van der Waals surface area contributed by atoms with Crippen molar-refractivity contribution in [3.63, 3.8) is 0 Å². The van der Waals surface area contributed by atoms with Crippen molar-refractivity contribution in [3.05, 3.63) is 29.8 Å². The van der Waals surface area contributed by atoms with Crippen LogP contribution in [0.2, 0.25) is 0 Å². The molecule has 5 rings (SSSR count). The highest BCUT2D eigenvalue weighted by Crippen LogP contribution is 2.61. The van der Waals surface area contributed by atoms with Crippen LogP contribution in [0.5, 0.6) is 5.75 Å². The minimum atomic E-state index is -0.414. The van der Waals surface area contributed by atoms with Gasteiger partial charge in [-0.25, -0.2) is 0 Å². The molecule has 156 valence electrons. The molecule has 3 heteroatoms. The molecule has 4 aliphatic carbocycles. The lowest BCUT2D eigenvalue weighted by molar-refractivity contribution is -0.711. The van der Waals surface area contributed by atoms with Gasteiger partial charge >= 0.3 is 0 Å². The van der Waals surface area contributed by atoms with Gasteiger partial charge in [0.1, 0.15) is 25.0 Å². The molecule has 4 aliphatic rings. The maximum Gasteiger partial charge on any atom is 0.137 e. The zero-order chi connectivity index (χ0) is 19.7. The molecule has 0 heterocycles. The second-order valence-electron chi connectivity index (χ2n) is 10.4. The van der Waals surface area contributed by atoms with Crippen LogP contribution in [-0.4, -0.2) is 30.4 Å². The van der Waals surface area contributed by atoms with Crippen molar-refractivity contribution in [2.24, 2.45) is 23.2 Å². The Hall–Kier alpha value is -1.06. The van der Waals surface area contributed by atoms with Crippen LogP contribution in [0.15, 0.2) is 24.3 Å². The Labute approximate surface area is 171 Å². The SMILES string of the molecule is CC[C@@H]([NH2+]C[C@@H](O)COc1ccccc1C(C)C)C12CC3CC(CC(C3)C1)C2. The van der Waals surface area contributed by atoms with Crippen molar-refractivity contribution in [3.8, 4) is 5.75 Å². The summed E-state index contributed by atoms with van der Waals surface area (Å²) in [7, 11) is 0. The van der Waals surface area contributed by atoms with Crippen LogP contribution >= 0.6 is 0 Å². The van der Waals surface area contributed by atoms with Crippen molar-refractivity contribution in [1.82, 2.24) is 0 Å². The number of aliphatic hydroxyl groups excluding tert-OH is 1. The van der Waals surface area contributed by atoms with E-state index >= 15 is 0 Å². The highest BCUT2D eigenvalue weighted by atomic mass is 16.5. The van der Waals surface area contributed by atoms with Gasteiger partial charge in [-0.3, -0.25) is 0 Å². The first-order valence-corrected chi connectivity index (χ1v) is 11.7. The number of nitrogens with two attached hydrogens (primary N) is 1. The molecule has 4 bridgehead atoms. The summed E-state index contributed by atoms with van der Waals surface area (Å²) in [5.74, 6) is 4.34. The fourth-order valence-corrected chi connectivity index (χ4v) is 7.15. The van der Waals surface area contributed by atoms with E-state index in [1.165, 1.54) is 50.5 Å². The van der Waals surface area contributed by atoms with Gasteiger partial charge < -0.3 is 15.2 Å². The summed E-state index contributed by atoms with van der Waals surface area (Å²) in [6, 6.07) is 8.89. The number of benzene rings is 1. The van der Waals surface area contributed by atoms with Crippen LogP contribution in [0.1, 0.15) is 77.2 Å². The van der Waals surface area contributed by atoms with Crippen LogP contribution < -0.4 is 10.1 Å². The lowest BCUT2D eigenvalue weighted by Crippen LogP contribution is -2.95. The third-order valence-electron chi connectivity index (χ3n) is 7.98. The van der Waals surface area contributed by atoms with Gasteiger partial charge in [-0.05, 0) is 80.2 Å². The topological polar surface area (TPSA) is 46.1 Å². The zero-order valence-corrected chi connectivity index (χ0v) is 18.1. The Balaban J connectivity index is 1.31. The van der Waals surface area contributed by atoms with Crippen molar-refractivity contribution < 1.29 is 15.2 Å². The Morgan fingerprint density at radius 1 is 1.07 bits per heavy atom. The molecule has 0 spiro atoms. The van der Waals surface area contributed by atoms with E-state index in [-0.39, 0.29) is 0 Å². The minimum absolute atomic E-state index is 0.386. The molecular formula is C25H40NO2+. The fourth-order valence-electron chi connectivity index (χ4n) is 7.15. The molecular weight excluding hydrogens is 346 g/mol. The zero-order valence-electron chi connectivity index (χ0n) is 18.1. The van der Waals surface area contributed by atoms with E-state index in [1.807, 2.05) is 12.1 Å². The van der Waals surface area contributed by atoms with Gasteiger partial charge in [0, 0.05) is 5.41 Å². The molecule has 0 amide bonds. The normalized spacial score (nSPS) is 33.2. The third-order valence-corrected chi connectivity index (χ3v) is 7.98. The predicted octanol–water partition coefficient (Wildman–Crippen LogP) is 4.11. The van der Waals surface area contributed by atoms with E-state index in [0.717, 1.165) is 30.0 Å². The molecule has 2 atom stereocenters. The van der Waals surface area contributed by atoms with E-state index in [1.54, 1.807) is 0 Å². The molecule has 0 unspecified atom stereocenters. The van der Waals surface area contributed by atoms with E-state index in [9.17, 15) is 5.11 Å². The molecule has 3 nitrogen and oxygen atoms in total. The number of para-hydroxylation sites is 1. The molecule has 0 saturated heterocycles. The Bertz CT molecular complexity index is 620. The summed E-state index contributed by atoms with van der Waals surface area (Å²) in [5, 5.41) is 13.1. The third kappa shape index (κ3) is 4.11. The maximum atomic E-state index is 10.6. The lowest BCUT2D eigenvalue weighted by Gasteiger charge is -2.58. The second kappa shape index (κ2) is 8.36. The second-order valence-corrected chi connectivity index (χ2v) is 10.4. The first-order valence-electron chi connectivity index (χ1n) is 11.7. The molecule has 0 aliphatic heterocycles. The summed E-state index contributed by atoms with van der Waals surface area (Å²) in [5.41, 5.74) is 1.77. The molecule has 1 aromatic rings. The molecule has 0 radical (unpaired) electrons. The average Bonchev–Trinajstić information content (AvgIpc) is 2.65. The van der Waals surface area contributed by atoms with Gasteiger partial charge in [0.25, 0.3) is 0 Å². The summed E-state index contributed by atoms with van der Waals surface area (Å²) in [6.45, 7) is 7.86. The van der Waals surface area contributed by atoms with Crippen LogP contribution in [0, 0.1) is 23.2 Å². The predicted molar refractivity (Wildman–Crippen MR) is 114 cm³/mol. The summed E-state index contributed by atoms with van der Waals surface area (Å²) in [6.07, 6.45) is 9.65. The standard InChI is InChI=1S/C25H39NO2/c1-4-24(25-12-18-9-19(13-25)11-20(10-18)14-25)26-15-21(27)16-28-23-8-6-5-7-22(23)17(2)3/h5-8,17-21,24,26-27H,4,9-16H2,1-3H3/p+1/t18?,19?,20?,21-,24-,25?/m1/s1. The molecule has 1 aromatic carbocycles. The number of rotatable bonds is 9. The Morgan fingerprint density at radius 2 is 1.68 bits per heavy atom. The number of hydrogen-bond donors (Lipinski definition) is 2. The quantitative estimate of drug-likeness (QED) is 0.671. The van der Waals surface area contributed by atoms with Gasteiger partial charge in [0.15, 0.2) is 0 Å². The summed E-state index contributed by atoms with van der Waals surface area (Å²) in [4.78, 5) is 0. The van der Waals surface area contributed by atoms with Gasteiger partial charge in [0.2, 0.25) is 0 Å². The number of quaternary nitrogens is 1. The van der Waals surface area contributed by atoms with Gasteiger partial charge in [-0.15, -0.1) is 0 Å². The Morgan fingerprint density at radius 3 is 2.25 bits per heavy atom. The van der Waals surface area contributed by atoms with Crippen LogP contribution in [0.4, 0.5) is 0 Å². The highest BCUT2D eigenvalue weighted by molar-refractivity contribution is 5.35. The van der Waals surface area contributed by atoms with Gasteiger partial charge in [0.05, 0.1) is 6.04 Å². The van der Waals surface area contributed by atoms with Crippen LogP contribution in [0.3, 0.4) is 0 Å². The van der Waals surface area contributed by atoms with Crippen molar-refractivity contribution in [2.75, 3.05) is 13.2 Å². The first-order chi connectivity index (χ1) is 13.5. The molecule has 28 heavy (non-hydrogen) atoms. The molecule has 4 fully saturated rings. The first kappa shape index (κ1) is 20.2. The van der Waals surface area contributed by atoms with E-state index < -0.39 is 6.10 Å². The van der Waals surface area contributed by atoms with Crippen molar-refractivity contribution >= 4 is 0 Å². The van der Waals surface area contributed by atoms with Crippen LogP contribution in [-0.2, 0) is 0 Å². The van der Waals surface area contributed by atoms with Crippen molar-refractivity contribution in [1.29, 1.82) is 0 Å². The lowest BCUT2D eigenvalue weighted by atomic mass is 9.47. The smallest absolute Gasteiger partial charge is 0.137 e. The van der Waals surface area contributed by atoms with Crippen molar-refractivity contribution in [2.45, 2.75) is 83.8 Å². The summed E-state index contributed by atoms with van der Waals surface area (Å²) < 4.78 is 6.01. The monoisotopic (exact) mass is 386 g/mol. The van der Waals surface area contributed by atoms with Crippen LogP contribution in [0.25, 0.3) is 0 Å². The van der Waals surface area contributed by atoms with E-state index in [0.29, 0.717) is 24.0 Å². The number of hydrogen-bond acceptors (Lipinski definition) is 2. The van der Waals surface area contributed by atoms with Gasteiger partial charge in [-0.2, -0.15) is 0 Å². The molecule has 4 saturated carbocycles. The summed E-state index contributed by atoms with van der Waals surface area (Å²) >= 11 is 0. The van der Waals surface area contributed by atoms with E-state index in [2.05, 4.69) is 38.2 Å². The number of ether oxygens (including phenoxy) is 1. The maximum absolute atomic E-state index is 10.6. The molecule has 0 aromatic heterocycles. The Kier molecular flexibility index (Phi) is 6.04. The largest absolute Gasteiger partial charge is 0.490 e. The molecule has 3 N–H and O–H groups in total. The number of aliphatic hydroxyl groups is 1. The highest BCUT2D eigenvalue weighted by Gasteiger charge is 2.55. The van der Waals surface area contributed by atoms with E-state index in [4.69, 9.17) is 4.74 Å². The van der Waals surface area contributed by atoms with Gasteiger partial charge in [-0.1, -0.05) is 39.0 Å². The fraction of sp³-hybridized carbons (Fsp3) is 0.760. The average molecular weight is 387 g/mol.